The Kier molecular flexibility index (Phi) is 2.10. The molecular weight excluding hydrogens is 166 g/mol. The number of H-pyrrole nitrogens is 1. The first-order valence-corrected chi connectivity index (χ1v) is 3.39. The SMILES string of the molecule is Cc1ccc(C(=O)C(=O)Cl)[nH]1. The van der Waals surface area contributed by atoms with Gasteiger partial charge in [0.25, 0.3) is 11.0 Å². The van der Waals surface area contributed by atoms with Crippen LogP contribution in [0.3, 0.4) is 0 Å². The lowest BCUT2D eigenvalue weighted by molar-refractivity contribution is -0.108. The zero-order chi connectivity index (χ0) is 8.43. The summed E-state index contributed by atoms with van der Waals surface area (Å²) in [6.07, 6.45) is 0. The normalized spacial score (nSPS) is 9.64. The van der Waals surface area contributed by atoms with E-state index in [2.05, 4.69) is 4.98 Å². The molecule has 1 aromatic rings. The van der Waals surface area contributed by atoms with Crippen molar-refractivity contribution in [3.05, 3.63) is 23.5 Å². The van der Waals surface area contributed by atoms with E-state index in [4.69, 9.17) is 11.6 Å². The van der Waals surface area contributed by atoms with Crippen LogP contribution in [-0.2, 0) is 4.79 Å². The van der Waals surface area contributed by atoms with Gasteiger partial charge in [-0.2, -0.15) is 0 Å². The van der Waals surface area contributed by atoms with E-state index in [1.807, 2.05) is 0 Å². The Labute approximate surface area is 68.4 Å². The summed E-state index contributed by atoms with van der Waals surface area (Å²) in [5.41, 5.74) is 1.06. The third-order valence-corrected chi connectivity index (χ3v) is 1.43. The maximum absolute atomic E-state index is 10.8. The molecule has 0 spiro atoms. The fourth-order valence-electron chi connectivity index (χ4n) is 0.742. The van der Waals surface area contributed by atoms with Crippen LogP contribution in [0.5, 0.6) is 0 Å². The van der Waals surface area contributed by atoms with E-state index < -0.39 is 11.0 Å². The van der Waals surface area contributed by atoms with Gasteiger partial charge in [-0.15, -0.1) is 0 Å². The fourth-order valence-corrected chi connectivity index (χ4v) is 0.844. The van der Waals surface area contributed by atoms with Crippen LogP contribution in [-0.4, -0.2) is 16.0 Å². The molecule has 58 valence electrons. The molecule has 0 saturated heterocycles. The summed E-state index contributed by atoms with van der Waals surface area (Å²) in [5.74, 6) is -0.695. The van der Waals surface area contributed by atoms with E-state index in [-0.39, 0.29) is 5.69 Å². The third-order valence-electron chi connectivity index (χ3n) is 1.25. The monoisotopic (exact) mass is 171 g/mol. The molecule has 1 heterocycles. The van der Waals surface area contributed by atoms with Crippen molar-refractivity contribution < 1.29 is 9.59 Å². The summed E-state index contributed by atoms with van der Waals surface area (Å²) < 4.78 is 0. The minimum absolute atomic E-state index is 0.238. The average molecular weight is 172 g/mol. The van der Waals surface area contributed by atoms with Gasteiger partial charge in [0, 0.05) is 5.69 Å². The minimum atomic E-state index is -0.966. The van der Waals surface area contributed by atoms with Crippen molar-refractivity contribution >= 4 is 22.6 Å². The number of hydrogen-bond donors (Lipinski definition) is 1. The largest absolute Gasteiger partial charge is 0.356 e. The number of hydrogen-bond acceptors (Lipinski definition) is 2. The Morgan fingerprint density at radius 2 is 2.09 bits per heavy atom. The molecule has 0 atom stereocenters. The van der Waals surface area contributed by atoms with Crippen molar-refractivity contribution in [3.8, 4) is 0 Å². The maximum Gasteiger partial charge on any atom is 0.294 e. The van der Waals surface area contributed by atoms with Gasteiger partial charge in [0.1, 0.15) is 0 Å². The van der Waals surface area contributed by atoms with Crippen LogP contribution < -0.4 is 0 Å². The number of aromatic amines is 1. The molecule has 3 nitrogen and oxygen atoms in total. The van der Waals surface area contributed by atoms with Gasteiger partial charge in [-0.1, -0.05) is 0 Å². The van der Waals surface area contributed by atoms with Crippen LogP contribution >= 0.6 is 11.6 Å². The minimum Gasteiger partial charge on any atom is -0.356 e. The van der Waals surface area contributed by atoms with E-state index in [1.165, 1.54) is 6.07 Å². The van der Waals surface area contributed by atoms with Gasteiger partial charge in [0.15, 0.2) is 0 Å². The van der Waals surface area contributed by atoms with Crippen molar-refractivity contribution in [2.45, 2.75) is 6.92 Å². The van der Waals surface area contributed by atoms with Crippen LogP contribution in [0.15, 0.2) is 12.1 Å². The van der Waals surface area contributed by atoms with Gasteiger partial charge in [-0.25, -0.2) is 0 Å². The van der Waals surface area contributed by atoms with Gasteiger partial charge >= 0.3 is 0 Å². The molecule has 1 N–H and O–H groups in total. The Morgan fingerprint density at radius 1 is 1.45 bits per heavy atom. The number of carbonyl (C=O) groups is 2. The highest BCUT2D eigenvalue weighted by Gasteiger charge is 2.13. The molecule has 11 heavy (non-hydrogen) atoms. The summed E-state index contributed by atoms with van der Waals surface area (Å²) in [6, 6.07) is 3.23. The zero-order valence-electron chi connectivity index (χ0n) is 5.85. The van der Waals surface area contributed by atoms with Crippen LogP contribution in [0.25, 0.3) is 0 Å². The molecule has 0 aromatic carbocycles. The summed E-state index contributed by atoms with van der Waals surface area (Å²) in [5, 5.41) is -0.966. The predicted octanol–water partition coefficient (Wildman–Crippen LogP) is 1.27. The quantitative estimate of drug-likeness (QED) is 0.414. The van der Waals surface area contributed by atoms with Crippen LogP contribution in [0.1, 0.15) is 16.2 Å². The second-order valence-electron chi connectivity index (χ2n) is 2.16. The molecule has 1 aromatic heterocycles. The second-order valence-corrected chi connectivity index (χ2v) is 2.50. The van der Waals surface area contributed by atoms with Crippen molar-refractivity contribution in [3.63, 3.8) is 0 Å². The standard InChI is InChI=1S/C7H6ClNO2/c1-4-2-3-5(9-4)6(10)7(8)11/h2-3,9H,1H3. The third kappa shape index (κ3) is 1.68. The van der Waals surface area contributed by atoms with Crippen LogP contribution in [0.2, 0.25) is 0 Å². The topological polar surface area (TPSA) is 49.9 Å². The van der Waals surface area contributed by atoms with Crippen molar-refractivity contribution in [2.24, 2.45) is 0 Å². The van der Waals surface area contributed by atoms with Crippen molar-refractivity contribution in [1.82, 2.24) is 4.98 Å². The maximum atomic E-state index is 10.8. The molecule has 0 bridgehead atoms. The Balaban J connectivity index is 2.94. The molecule has 0 saturated carbocycles. The number of ketones is 1. The van der Waals surface area contributed by atoms with Gasteiger partial charge in [-0.05, 0) is 30.7 Å². The molecule has 0 unspecified atom stereocenters. The summed E-state index contributed by atoms with van der Waals surface area (Å²) in [4.78, 5) is 23.9. The number of Topliss-reactive ketones (excluding diaryl/α,β-unsaturated/α-hetero) is 1. The lowest BCUT2D eigenvalue weighted by Gasteiger charge is -1.87. The first-order chi connectivity index (χ1) is 5.11. The highest BCUT2D eigenvalue weighted by atomic mass is 35.5. The smallest absolute Gasteiger partial charge is 0.294 e. The summed E-state index contributed by atoms with van der Waals surface area (Å²) >= 11 is 4.96. The lowest BCUT2D eigenvalue weighted by Crippen LogP contribution is -2.07. The molecule has 0 amide bonds. The van der Waals surface area contributed by atoms with E-state index in [0.29, 0.717) is 0 Å². The number of nitrogens with one attached hydrogen (secondary N) is 1. The molecule has 0 fully saturated rings. The number of aromatic nitrogens is 1. The van der Waals surface area contributed by atoms with Gasteiger partial charge in [0.05, 0.1) is 5.69 Å². The molecule has 0 radical (unpaired) electrons. The zero-order valence-corrected chi connectivity index (χ0v) is 6.61. The molecule has 1 rings (SSSR count). The molecule has 4 heteroatoms. The first kappa shape index (κ1) is 8.01. The molecular formula is C7H6ClNO2. The highest BCUT2D eigenvalue weighted by Crippen LogP contribution is 2.02. The van der Waals surface area contributed by atoms with E-state index >= 15 is 0 Å². The Bertz CT molecular complexity index is 303. The average Bonchev–Trinajstić information content (AvgIpc) is 2.34. The molecule has 0 aliphatic carbocycles. The second kappa shape index (κ2) is 2.88. The number of aryl methyl sites for hydroxylation is 1. The van der Waals surface area contributed by atoms with Gasteiger partial charge < -0.3 is 4.98 Å². The van der Waals surface area contributed by atoms with Gasteiger partial charge in [0.2, 0.25) is 0 Å². The highest BCUT2D eigenvalue weighted by molar-refractivity contribution is 6.83. The fraction of sp³-hybridized carbons (Fsp3) is 0.143. The number of rotatable bonds is 2. The van der Waals surface area contributed by atoms with Gasteiger partial charge in [-0.3, -0.25) is 9.59 Å². The molecule has 0 aliphatic heterocycles. The van der Waals surface area contributed by atoms with E-state index in [0.717, 1.165) is 5.69 Å². The van der Waals surface area contributed by atoms with Crippen molar-refractivity contribution in [2.75, 3.05) is 0 Å². The van der Waals surface area contributed by atoms with Crippen LogP contribution in [0.4, 0.5) is 0 Å². The lowest BCUT2D eigenvalue weighted by atomic mass is 10.3. The number of halogens is 1. The summed E-state index contributed by atoms with van der Waals surface area (Å²) in [7, 11) is 0. The van der Waals surface area contributed by atoms with Crippen LogP contribution in [0, 0.1) is 6.92 Å². The van der Waals surface area contributed by atoms with E-state index in [1.54, 1.807) is 13.0 Å². The predicted molar refractivity (Wildman–Crippen MR) is 40.7 cm³/mol. The summed E-state index contributed by atoms with van der Waals surface area (Å²) in [6.45, 7) is 1.79. The number of carbonyl (C=O) groups excluding carboxylic acids is 2. The van der Waals surface area contributed by atoms with Crippen molar-refractivity contribution in [1.29, 1.82) is 0 Å². The Morgan fingerprint density at radius 3 is 2.45 bits per heavy atom. The first-order valence-electron chi connectivity index (χ1n) is 3.01. The molecule has 0 aliphatic rings. The Hall–Kier alpha value is -1.09. The van der Waals surface area contributed by atoms with E-state index in [9.17, 15) is 9.59 Å².